The highest BCUT2D eigenvalue weighted by Gasteiger charge is 2.18. The Morgan fingerprint density at radius 3 is 2.73 bits per heavy atom. The van der Waals surface area contributed by atoms with Crippen molar-refractivity contribution in [2.24, 2.45) is 4.99 Å². The number of aliphatic imine (C=N–C) groups is 1. The van der Waals surface area contributed by atoms with E-state index in [1.54, 1.807) is 18.4 Å². The quantitative estimate of drug-likeness (QED) is 0.272. The highest BCUT2D eigenvalue weighted by atomic mass is 127. The summed E-state index contributed by atoms with van der Waals surface area (Å²) in [5.74, 6) is 2.50. The lowest BCUT2D eigenvalue weighted by Crippen LogP contribution is -2.38. The molecule has 3 rings (SSSR count). The lowest BCUT2D eigenvalue weighted by Gasteiger charge is -2.17. The first-order valence-corrected chi connectivity index (χ1v) is 11.3. The molecular formula is C22H33IN4O2S. The van der Waals surface area contributed by atoms with Crippen molar-refractivity contribution in [3.63, 3.8) is 0 Å². The molecule has 1 fully saturated rings. The van der Waals surface area contributed by atoms with Gasteiger partial charge in [0.15, 0.2) is 5.96 Å². The van der Waals surface area contributed by atoms with Crippen LogP contribution in [0.3, 0.4) is 0 Å². The second-order valence-electron chi connectivity index (χ2n) is 7.23. The molecule has 2 N–H and O–H groups in total. The van der Waals surface area contributed by atoms with Crippen LogP contribution in [0, 0.1) is 6.92 Å². The van der Waals surface area contributed by atoms with Crippen molar-refractivity contribution in [2.45, 2.75) is 58.6 Å². The van der Waals surface area contributed by atoms with Crippen molar-refractivity contribution >= 4 is 41.3 Å². The minimum Gasteiger partial charge on any atom is -0.497 e. The third-order valence-electron chi connectivity index (χ3n) is 4.96. The summed E-state index contributed by atoms with van der Waals surface area (Å²) in [6, 6.07) is 6.00. The summed E-state index contributed by atoms with van der Waals surface area (Å²) in [5.41, 5.74) is 2.20. The van der Waals surface area contributed by atoms with Crippen LogP contribution in [0.4, 0.5) is 0 Å². The minimum absolute atomic E-state index is 0. The molecule has 0 atom stereocenters. The molecule has 0 saturated heterocycles. The molecule has 30 heavy (non-hydrogen) atoms. The van der Waals surface area contributed by atoms with E-state index in [9.17, 15) is 0 Å². The summed E-state index contributed by atoms with van der Waals surface area (Å²) in [7, 11) is 1.68. The zero-order valence-electron chi connectivity index (χ0n) is 18.1. The molecule has 6 nitrogen and oxygen atoms in total. The molecule has 0 unspecified atom stereocenters. The Kier molecular flexibility index (Phi) is 10.7. The van der Waals surface area contributed by atoms with Gasteiger partial charge in [-0.05, 0) is 51.7 Å². The van der Waals surface area contributed by atoms with Crippen molar-refractivity contribution < 1.29 is 9.47 Å². The number of nitrogens with one attached hydrogen (secondary N) is 2. The van der Waals surface area contributed by atoms with Crippen molar-refractivity contribution in [3.8, 4) is 11.5 Å². The number of hydrogen-bond acceptors (Lipinski definition) is 5. The number of hydrogen-bond donors (Lipinski definition) is 2. The van der Waals surface area contributed by atoms with E-state index < -0.39 is 0 Å². The summed E-state index contributed by atoms with van der Waals surface area (Å²) < 4.78 is 11.7. The molecular weight excluding hydrogens is 511 g/mol. The van der Waals surface area contributed by atoms with E-state index in [4.69, 9.17) is 14.5 Å². The average Bonchev–Trinajstić information content (AvgIpc) is 3.38. The molecule has 1 aromatic heterocycles. The second kappa shape index (κ2) is 13.0. The van der Waals surface area contributed by atoms with E-state index in [2.05, 4.69) is 27.9 Å². The van der Waals surface area contributed by atoms with Crippen LogP contribution in [-0.4, -0.2) is 37.2 Å². The normalized spacial score (nSPS) is 14.3. The van der Waals surface area contributed by atoms with Crippen molar-refractivity contribution in [1.29, 1.82) is 0 Å². The summed E-state index contributed by atoms with van der Waals surface area (Å²) in [5, 5.41) is 9.94. The maximum Gasteiger partial charge on any atom is 0.191 e. The van der Waals surface area contributed by atoms with Crippen molar-refractivity contribution in [1.82, 2.24) is 15.6 Å². The van der Waals surface area contributed by atoms with Crippen LogP contribution in [0.5, 0.6) is 11.5 Å². The number of guanidine groups is 1. The van der Waals surface area contributed by atoms with Gasteiger partial charge in [-0.15, -0.1) is 35.3 Å². The van der Waals surface area contributed by atoms with Crippen LogP contribution < -0.4 is 20.1 Å². The predicted molar refractivity (Wildman–Crippen MR) is 135 cm³/mol. The van der Waals surface area contributed by atoms with Crippen LogP contribution in [0.1, 0.15) is 48.9 Å². The molecule has 0 bridgehead atoms. The van der Waals surface area contributed by atoms with E-state index >= 15 is 0 Å². The maximum absolute atomic E-state index is 6.29. The first-order valence-electron chi connectivity index (χ1n) is 10.4. The Balaban J connectivity index is 0.00000320. The van der Waals surface area contributed by atoms with E-state index in [-0.39, 0.29) is 24.0 Å². The Morgan fingerprint density at radius 2 is 2.07 bits per heavy atom. The largest absolute Gasteiger partial charge is 0.497 e. The number of halogens is 1. The molecule has 0 amide bonds. The molecule has 1 heterocycles. The van der Waals surface area contributed by atoms with Crippen LogP contribution in [-0.2, 0) is 13.0 Å². The van der Waals surface area contributed by atoms with Gasteiger partial charge in [0.2, 0.25) is 0 Å². The van der Waals surface area contributed by atoms with Gasteiger partial charge < -0.3 is 20.1 Å². The monoisotopic (exact) mass is 544 g/mol. The standard InChI is InChI=1S/C22H32N4O2S.HI/c1-4-23-22(24-12-11-18-15-29-16(2)26-18)25-14-17-9-10-20(27-3)13-21(17)28-19-7-5-6-8-19;/h9-10,13,15,19H,4-8,11-12,14H2,1-3H3,(H2,23,24,25);1H. The van der Waals surface area contributed by atoms with Gasteiger partial charge in [0.1, 0.15) is 11.5 Å². The number of nitrogens with zero attached hydrogens (tertiary/aromatic N) is 2. The highest BCUT2D eigenvalue weighted by molar-refractivity contribution is 14.0. The number of rotatable bonds is 9. The second-order valence-corrected chi connectivity index (χ2v) is 8.29. The molecule has 0 radical (unpaired) electrons. The van der Waals surface area contributed by atoms with Gasteiger partial charge >= 0.3 is 0 Å². The van der Waals surface area contributed by atoms with Crippen LogP contribution in [0.25, 0.3) is 0 Å². The maximum atomic E-state index is 6.29. The van der Waals surface area contributed by atoms with E-state index in [1.807, 2.05) is 25.1 Å². The lowest BCUT2D eigenvalue weighted by atomic mass is 10.2. The van der Waals surface area contributed by atoms with Gasteiger partial charge in [-0.1, -0.05) is 0 Å². The third kappa shape index (κ3) is 7.61. The molecule has 1 aliphatic rings. The summed E-state index contributed by atoms with van der Waals surface area (Å²) in [6.07, 6.45) is 5.93. The van der Waals surface area contributed by atoms with E-state index in [1.165, 1.54) is 12.8 Å². The first kappa shape index (κ1) is 24.7. The first-order chi connectivity index (χ1) is 14.2. The average molecular weight is 545 g/mol. The number of aryl methyl sites for hydroxylation is 1. The number of methoxy groups -OCH3 is 1. The van der Waals surface area contributed by atoms with Gasteiger partial charge in [-0.2, -0.15) is 0 Å². The van der Waals surface area contributed by atoms with Crippen molar-refractivity contribution in [3.05, 3.63) is 39.8 Å². The summed E-state index contributed by atoms with van der Waals surface area (Å²) in [4.78, 5) is 9.28. The molecule has 2 aromatic rings. The van der Waals surface area contributed by atoms with Gasteiger partial charge in [0.05, 0.1) is 30.5 Å². The third-order valence-corrected chi connectivity index (χ3v) is 5.78. The molecule has 1 aliphatic carbocycles. The summed E-state index contributed by atoms with van der Waals surface area (Å²) >= 11 is 1.69. The molecule has 0 aliphatic heterocycles. The van der Waals surface area contributed by atoms with Gasteiger partial charge in [0, 0.05) is 36.5 Å². The van der Waals surface area contributed by atoms with Gasteiger partial charge in [-0.25, -0.2) is 9.98 Å². The fraction of sp³-hybridized carbons (Fsp3) is 0.545. The SMILES string of the molecule is CCNC(=NCc1ccc(OC)cc1OC1CCCC1)NCCc1csc(C)n1.I. The lowest BCUT2D eigenvalue weighted by molar-refractivity contribution is 0.207. The Hall–Kier alpha value is -1.55. The van der Waals surface area contributed by atoms with E-state index in [0.29, 0.717) is 12.6 Å². The number of ether oxygens (including phenoxy) is 2. The summed E-state index contributed by atoms with van der Waals surface area (Å²) in [6.45, 7) is 6.27. The number of thiazole rings is 1. The van der Waals surface area contributed by atoms with Gasteiger partial charge in [-0.3, -0.25) is 0 Å². The van der Waals surface area contributed by atoms with Gasteiger partial charge in [0.25, 0.3) is 0 Å². The molecule has 166 valence electrons. The Bertz CT molecular complexity index is 806. The fourth-order valence-corrected chi connectivity index (χ4v) is 4.07. The smallest absolute Gasteiger partial charge is 0.191 e. The van der Waals surface area contributed by atoms with Crippen LogP contribution >= 0.6 is 35.3 Å². The zero-order chi connectivity index (χ0) is 20.5. The van der Waals surface area contributed by atoms with E-state index in [0.717, 1.165) is 66.1 Å². The number of aromatic nitrogens is 1. The molecule has 1 aromatic carbocycles. The van der Waals surface area contributed by atoms with Crippen LogP contribution in [0.2, 0.25) is 0 Å². The molecule has 1 saturated carbocycles. The Morgan fingerprint density at radius 1 is 1.27 bits per heavy atom. The molecule has 0 spiro atoms. The van der Waals surface area contributed by atoms with Crippen molar-refractivity contribution in [2.75, 3.05) is 20.2 Å². The topological polar surface area (TPSA) is 67.8 Å². The highest BCUT2D eigenvalue weighted by Crippen LogP contribution is 2.30. The molecule has 8 heteroatoms. The zero-order valence-corrected chi connectivity index (χ0v) is 21.2. The van der Waals surface area contributed by atoms with Crippen LogP contribution in [0.15, 0.2) is 28.6 Å². The number of benzene rings is 1. The Labute approximate surface area is 200 Å². The fourth-order valence-electron chi connectivity index (χ4n) is 3.43. The predicted octanol–water partition coefficient (Wildman–Crippen LogP) is 4.70. The minimum atomic E-state index is 0.